The maximum Gasteiger partial charge on any atom is 0.419 e. The fourth-order valence-corrected chi connectivity index (χ4v) is 1.82. The summed E-state index contributed by atoms with van der Waals surface area (Å²) in [6.07, 6.45) is -0.209. The predicted molar refractivity (Wildman–Crippen MR) is 45.8 cm³/mol. The van der Waals surface area contributed by atoms with Gasteiger partial charge in [0, 0.05) is 0 Å². The van der Waals surface area contributed by atoms with E-state index >= 15 is 0 Å². The molecule has 1 saturated heterocycles. The molecule has 0 spiro atoms. The fraction of sp³-hybridized carbons (Fsp3) is 0.833. The fourth-order valence-electron chi connectivity index (χ4n) is 0.873. The van der Waals surface area contributed by atoms with Gasteiger partial charge < -0.3 is 4.74 Å². The van der Waals surface area contributed by atoms with E-state index in [4.69, 9.17) is 4.74 Å². The molecule has 0 radical (unpaired) electrons. The molecule has 0 aromatic heterocycles. The molecule has 0 aliphatic carbocycles. The minimum atomic E-state index is -0.209. The highest BCUT2D eigenvalue weighted by Gasteiger charge is 2.32. The van der Waals surface area contributed by atoms with E-state index in [2.05, 4.69) is 13.8 Å². The van der Waals surface area contributed by atoms with Crippen LogP contribution in [0.3, 0.4) is 0 Å². The van der Waals surface area contributed by atoms with Gasteiger partial charge >= 0.3 is 6.09 Å². The molecule has 0 aromatic rings. The standard InChI is InChI=1S/C6H10INO2/c1-4(2)5-3-10-6(9)8(5)7/h4-5H,3H2,1-2H3. The lowest BCUT2D eigenvalue weighted by Gasteiger charge is -2.16. The van der Waals surface area contributed by atoms with Gasteiger partial charge in [-0.25, -0.2) is 7.91 Å². The summed E-state index contributed by atoms with van der Waals surface area (Å²) in [6.45, 7) is 4.70. The summed E-state index contributed by atoms with van der Waals surface area (Å²) in [4.78, 5) is 10.8. The Bertz CT molecular complexity index is 149. The Morgan fingerprint density at radius 3 is 2.60 bits per heavy atom. The smallest absolute Gasteiger partial charge is 0.419 e. The number of carbonyl (C=O) groups is 1. The number of amides is 1. The topological polar surface area (TPSA) is 29.5 Å². The van der Waals surface area contributed by atoms with E-state index < -0.39 is 0 Å². The predicted octanol–water partition coefficient (Wildman–Crippen LogP) is 1.81. The molecular weight excluding hydrogens is 245 g/mol. The van der Waals surface area contributed by atoms with E-state index in [1.54, 1.807) is 3.11 Å². The average molecular weight is 255 g/mol. The first-order valence-corrected chi connectivity index (χ1v) is 4.21. The molecule has 1 rings (SSSR count). The SMILES string of the molecule is CC(C)C1COC(=O)N1I. The molecule has 0 saturated carbocycles. The van der Waals surface area contributed by atoms with Crippen LogP contribution in [0.15, 0.2) is 0 Å². The van der Waals surface area contributed by atoms with Crippen molar-refractivity contribution in [2.45, 2.75) is 19.9 Å². The van der Waals surface area contributed by atoms with Gasteiger partial charge in [0.15, 0.2) is 0 Å². The van der Waals surface area contributed by atoms with Crippen LogP contribution in [-0.2, 0) is 4.74 Å². The van der Waals surface area contributed by atoms with Gasteiger partial charge in [0.2, 0.25) is 0 Å². The number of hydrogen-bond acceptors (Lipinski definition) is 2. The van der Waals surface area contributed by atoms with Crippen molar-refractivity contribution in [2.75, 3.05) is 6.61 Å². The molecule has 0 aromatic carbocycles. The lowest BCUT2D eigenvalue weighted by atomic mass is 10.1. The molecule has 10 heavy (non-hydrogen) atoms. The zero-order chi connectivity index (χ0) is 7.72. The van der Waals surface area contributed by atoms with Crippen molar-refractivity contribution in [2.24, 2.45) is 5.92 Å². The average Bonchev–Trinajstić information content (AvgIpc) is 2.14. The Labute approximate surface area is 74.2 Å². The number of nitrogens with zero attached hydrogens (tertiary/aromatic N) is 1. The second-order valence-electron chi connectivity index (χ2n) is 2.70. The Morgan fingerprint density at radius 1 is 1.80 bits per heavy atom. The van der Waals surface area contributed by atoms with Crippen LogP contribution in [0.25, 0.3) is 0 Å². The molecule has 4 heteroatoms. The Balaban J connectivity index is 2.57. The largest absolute Gasteiger partial charge is 0.447 e. The molecule has 1 aliphatic heterocycles. The lowest BCUT2D eigenvalue weighted by Crippen LogP contribution is -2.28. The third kappa shape index (κ3) is 1.36. The van der Waals surface area contributed by atoms with E-state index in [9.17, 15) is 4.79 Å². The molecule has 1 aliphatic rings. The molecule has 1 heterocycles. The Hall–Kier alpha value is 0. The van der Waals surface area contributed by atoms with Crippen molar-refractivity contribution < 1.29 is 9.53 Å². The minimum absolute atomic E-state index is 0.209. The summed E-state index contributed by atoms with van der Waals surface area (Å²) in [5.74, 6) is 0.475. The first kappa shape index (κ1) is 8.10. The zero-order valence-corrected chi connectivity index (χ0v) is 8.16. The summed E-state index contributed by atoms with van der Waals surface area (Å²) in [5, 5.41) is 0. The van der Waals surface area contributed by atoms with Crippen LogP contribution in [-0.4, -0.2) is 21.9 Å². The second-order valence-corrected chi connectivity index (χ2v) is 3.74. The van der Waals surface area contributed by atoms with Gasteiger partial charge in [0.05, 0.1) is 28.9 Å². The van der Waals surface area contributed by atoms with Crippen molar-refractivity contribution in [3.8, 4) is 0 Å². The maximum absolute atomic E-state index is 10.8. The van der Waals surface area contributed by atoms with Crippen LogP contribution in [0.4, 0.5) is 4.79 Å². The first-order chi connectivity index (χ1) is 4.63. The summed E-state index contributed by atoms with van der Waals surface area (Å²) >= 11 is 1.99. The third-order valence-electron chi connectivity index (χ3n) is 1.61. The minimum Gasteiger partial charge on any atom is -0.447 e. The molecule has 0 bridgehead atoms. The lowest BCUT2D eigenvalue weighted by molar-refractivity contribution is 0.172. The van der Waals surface area contributed by atoms with E-state index in [0.717, 1.165) is 0 Å². The Kier molecular flexibility index (Phi) is 2.38. The highest BCUT2D eigenvalue weighted by atomic mass is 127. The third-order valence-corrected chi connectivity index (χ3v) is 2.72. The molecule has 1 atom stereocenters. The normalized spacial score (nSPS) is 25.8. The number of rotatable bonds is 1. The summed E-state index contributed by atoms with van der Waals surface area (Å²) in [6, 6.07) is 0.257. The number of hydrogen-bond donors (Lipinski definition) is 0. The van der Waals surface area contributed by atoms with Crippen LogP contribution in [0.2, 0.25) is 0 Å². The van der Waals surface area contributed by atoms with Crippen molar-refractivity contribution in [3.05, 3.63) is 0 Å². The van der Waals surface area contributed by atoms with Crippen molar-refractivity contribution in [1.82, 2.24) is 3.11 Å². The van der Waals surface area contributed by atoms with Gasteiger partial charge in [-0.15, -0.1) is 0 Å². The second kappa shape index (κ2) is 2.94. The highest BCUT2D eigenvalue weighted by Crippen LogP contribution is 2.22. The van der Waals surface area contributed by atoms with Crippen LogP contribution in [0, 0.1) is 5.92 Å². The van der Waals surface area contributed by atoms with Gasteiger partial charge in [0.25, 0.3) is 0 Å². The molecule has 0 N–H and O–H groups in total. The van der Waals surface area contributed by atoms with E-state index in [-0.39, 0.29) is 12.1 Å². The Morgan fingerprint density at radius 2 is 2.40 bits per heavy atom. The number of ether oxygens (including phenoxy) is 1. The van der Waals surface area contributed by atoms with Crippen LogP contribution < -0.4 is 0 Å². The molecule has 1 amide bonds. The number of halogens is 1. The van der Waals surface area contributed by atoms with Gasteiger partial charge in [0.1, 0.15) is 6.61 Å². The van der Waals surface area contributed by atoms with Gasteiger partial charge in [-0.1, -0.05) is 13.8 Å². The van der Waals surface area contributed by atoms with Gasteiger partial charge in [-0.2, -0.15) is 0 Å². The van der Waals surface area contributed by atoms with Crippen LogP contribution in [0.1, 0.15) is 13.8 Å². The van der Waals surface area contributed by atoms with Crippen molar-refractivity contribution in [1.29, 1.82) is 0 Å². The molecule has 1 unspecified atom stereocenters. The van der Waals surface area contributed by atoms with Crippen LogP contribution >= 0.6 is 22.9 Å². The molecule has 3 nitrogen and oxygen atoms in total. The van der Waals surface area contributed by atoms with Crippen LogP contribution in [0.5, 0.6) is 0 Å². The quantitative estimate of drug-likeness (QED) is 0.528. The number of cyclic esters (lactones) is 1. The summed E-state index contributed by atoms with van der Waals surface area (Å²) in [7, 11) is 0. The van der Waals surface area contributed by atoms with Crippen molar-refractivity contribution in [3.63, 3.8) is 0 Å². The monoisotopic (exact) mass is 255 g/mol. The van der Waals surface area contributed by atoms with Crippen molar-refractivity contribution >= 4 is 29.0 Å². The summed E-state index contributed by atoms with van der Waals surface area (Å²) < 4.78 is 6.45. The van der Waals surface area contributed by atoms with E-state index in [1.807, 2.05) is 22.9 Å². The van der Waals surface area contributed by atoms with E-state index in [1.165, 1.54) is 0 Å². The maximum atomic E-state index is 10.8. The van der Waals surface area contributed by atoms with E-state index in [0.29, 0.717) is 12.5 Å². The first-order valence-electron chi connectivity index (χ1n) is 3.24. The molecule has 1 fully saturated rings. The zero-order valence-electron chi connectivity index (χ0n) is 6.00. The van der Waals surface area contributed by atoms with Gasteiger partial charge in [-0.3, -0.25) is 0 Å². The summed E-state index contributed by atoms with van der Waals surface area (Å²) in [5.41, 5.74) is 0. The highest BCUT2D eigenvalue weighted by molar-refractivity contribution is 14.1. The molecular formula is C6H10INO2. The molecule has 58 valence electrons. The number of carbonyl (C=O) groups excluding carboxylic acids is 1. The van der Waals surface area contributed by atoms with Gasteiger partial charge in [-0.05, 0) is 5.92 Å².